The summed E-state index contributed by atoms with van der Waals surface area (Å²) in [6.07, 6.45) is 0. The van der Waals surface area contributed by atoms with Gasteiger partial charge in [-0.1, -0.05) is 30.3 Å². The van der Waals surface area contributed by atoms with Crippen molar-refractivity contribution in [3.63, 3.8) is 0 Å². The van der Waals surface area contributed by atoms with E-state index in [0.717, 1.165) is 17.8 Å². The van der Waals surface area contributed by atoms with Gasteiger partial charge in [0.15, 0.2) is 11.5 Å². The van der Waals surface area contributed by atoms with Crippen molar-refractivity contribution in [3.05, 3.63) is 66.2 Å². The van der Waals surface area contributed by atoms with Crippen molar-refractivity contribution < 1.29 is 9.84 Å². The van der Waals surface area contributed by atoms with Gasteiger partial charge in [-0.3, -0.25) is 0 Å². The monoisotopic (exact) mass is 346 g/mol. The molecular weight excluding hydrogens is 324 g/mol. The number of aromatic hydroxyl groups is 1. The number of benzene rings is 3. The zero-order valence-corrected chi connectivity index (χ0v) is 15.0. The van der Waals surface area contributed by atoms with Gasteiger partial charge in [0.05, 0.1) is 7.11 Å². The molecule has 0 bridgehead atoms. The van der Waals surface area contributed by atoms with Gasteiger partial charge in [0.1, 0.15) is 0 Å². The van der Waals surface area contributed by atoms with Crippen LogP contribution in [0, 0.1) is 0 Å². The van der Waals surface area contributed by atoms with E-state index in [1.54, 1.807) is 13.2 Å². The average Bonchev–Trinajstić information content (AvgIpc) is 3.00. The lowest BCUT2D eigenvalue weighted by Crippen LogP contribution is -2.00. The Morgan fingerprint density at radius 1 is 0.962 bits per heavy atom. The van der Waals surface area contributed by atoms with Crippen molar-refractivity contribution in [2.45, 2.75) is 20.0 Å². The molecule has 26 heavy (non-hydrogen) atoms. The second kappa shape index (κ2) is 6.64. The lowest BCUT2D eigenvalue weighted by Gasteiger charge is -2.11. The molecular formula is C22H22N2O2. The standard InChI is InChI=1S/C22H22N2O2/c1-3-24-19-9-5-4-8-17(19)18-13-16(11-12-20(18)24)23-14-15-7-6-10-21(26-2)22(15)25/h4-13,23,25H,3,14H2,1-2H3. The summed E-state index contributed by atoms with van der Waals surface area (Å²) in [6, 6.07) is 20.5. The molecule has 0 fully saturated rings. The quantitative estimate of drug-likeness (QED) is 0.526. The van der Waals surface area contributed by atoms with Crippen molar-refractivity contribution in [1.29, 1.82) is 0 Å². The zero-order chi connectivity index (χ0) is 18.1. The first-order valence-electron chi connectivity index (χ1n) is 8.82. The van der Waals surface area contributed by atoms with Gasteiger partial charge in [-0.25, -0.2) is 0 Å². The van der Waals surface area contributed by atoms with Gasteiger partial charge in [-0.2, -0.15) is 0 Å². The first-order valence-corrected chi connectivity index (χ1v) is 8.82. The molecule has 1 aromatic heterocycles. The van der Waals surface area contributed by atoms with Crippen LogP contribution >= 0.6 is 0 Å². The van der Waals surface area contributed by atoms with E-state index in [0.29, 0.717) is 12.3 Å². The molecule has 0 saturated heterocycles. The van der Waals surface area contributed by atoms with Gasteiger partial charge >= 0.3 is 0 Å². The van der Waals surface area contributed by atoms with Gasteiger partial charge in [-0.05, 0) is 37.3 Å². The molecule has 4 rings (SSSR count). The Bertz CT molecular complexity index is 1080. The first-order chi connectivity index (χ1) is 12.7. The Kier molecular flexibility index (Phi) is 4.17. The molecule has 132 valence electrons. The third-order valence-electron chi connectivity index (χ3n) is 4.87. The number of hydrogen-bond donors (Lipinski definition) is 2. The molecule has 4 heteroatoms. The molecule has 0 saturated carbocycles. The van der Waals surface area contributed by atoms with Gasteiger partial charge in [-0.15, -0.1) is 0 Å². The molecule has 1 heterocycles. The Balaban J connectivity index is 1.69. The summed E-state index contributed by atoms with van der Waals surface area (Å²) in [5.41, 5.74) is 4.33. The molecule has 2 N–H and O–H groups in total. The molecule has 4 aromatic rings. The number of aryl methyl sites for hydroxylation is 1. The van der Waals surface area contributed by atoms with Crippen molar-refractivity contribution in [3.8, 4) is 11.5 Å². The summed E-state index contributed by atoms with van der Waals surface area (Å²) in [5.74, 6) is 0.678. The second-order valence-corrected chi connectivity index (χ2v) is 6.31. The second-order valence-electron chi connectivity index (χ2n) is 6.31. The Morgan fingerprint density at radius 3 is 2.58 bits per heavy atom. The zero-order valence-electron chi connectivity index (χ0n) is 15.0. The topological polar surface area (TPSA) is 46.4 Å². The summed E-state index contributed by atoms with van der Waals surface area (Å²) in [6.45, 7) is 3.64. The summed E-state index contributed by atoms with van der Waals surface area (Å²) in [5, 5.41) is 16.2. The molecule has 0 aliphatic heterocycles. The summed E-state index contributed by atoms with van der Waals surface area (Å²) in [7, 11) is 1.56. The molecule has 3 aromatic carbocycles. The van der Waals surface area contributed by atoms with Crippen LogP contribution in [-0.4, -0.2) is 16.8 Å². The normalized spacial score (nSPS) is 11.2. The Hall–Kier alpha value is -3.14. The summed E-state index contributed by atoms with van der Waals surface area (Å²) < 4.78 is 7.51. The van der Waals surface area contributed by atoms with Crippen molar-refractivity contribution in [2.24, 2.45) is 0 Å². The van der Waals surface area contributed by atoms with E-state index in [9.17, 15) is 5.11 Å². The number of methoxy groups -OCH3 is 1. The van der Waals surface area contributed by atoms with Crippen LogP contribution in [-0.2, 0) is 13.1 Å². The smallest absolute Gasteiger partial charge is 0.162 e. The minimum Gasteiger partial charge on any atom is -0.504 e. The van der Waals surface area contributed by atoms with Crippen LogP contribution in [0.1, 0.15) is 12.5 Å². The highest BCUT2D eigenvalue weighted by molar-refractivity contribution is 6.09. The number of nitrogens with zero attached hydrogens (tertiary/aromatic N) is 1. The number of ether oxygens (including phenoxy) is 1. The summed E-state index contributed by atoms with van der Waals surface area (Å²) in [4.78, 5) is 0. The third-order valence-corrected chi connectivity index (χ3v) is 4.87. The van der Waals surface area contributed by atoms with Crippen LogP contribution in [0.4, 0.5) is 5.69 Å². The summed E-state index contributed by atoms with van der Waals surface area (Å²) >= 11 is 0. The highest BCUT2D eigenvalue weighted by Gasteiger charge is 2.10. The van der Waals surface area contributed by atoms with E-state index in [1.807, 2.05) is 12.1 Å². The van der Waals surface area contributed by atoms with E-state index in [-0.39, 0.29) is 5.75 Å². The largest absolute Gasteiger partial charge is 0.504 e. The average molecular weight is 346 g/mol. The third kappa shape index (κ3) is 2.64. The van der Waals surface area contributed by atoms with Gasteiger partial charge in [0.25, 0.3) is 0 Å². The van der Waals surface area contributed by atoms with Crippen LogP contribution in [0.25, 0.3) is 21.8 Å². The van der Waals surface area contributed by atoms with E-state index >= 15 is 0 Å². The first kappa shape index (κ1) is 16.3. The SMILES string of the molecule is CCn1c2ccccc2c2cc(NCc3cccc(OC)c3O)ccc21. The van der Waals surface area contributed by atoms with Crippen LogP contribution in [0.3, 0.4) is 0 Å². The minimum atomic E-state index is 0.186. The predicted octanol–water partition coefficient (Wildman–Crippen LogP) is 5.14. The van der Waals surface area contributed by atoms with Gasteiger partial charge in [0, 0.05) is 46.1 Å². The number of anilines is 1. The predicted molar refractivity (Wildman–Crippen MR) is 107 cm³/mol. The van der Waals surface area contributed by atoms with Crippen molar-refractivity contribution in [2.75, 3.05) is 12.4 Å². The molecule has 4 nitrogen and oxygen atoms in total. The van der Waals surface area contributed by atoms with Crippen LogP contribution in [0.5, 0.6) is 11.5 Å². The molecule has 0 aliphatic carbocycles. The molecule has 0 atom stereocenters. The van der Waals surface area contributed by atoms with E-state index < -0.39 is 0 Å². The molecule has 0 unspecified atom stereocenters. The highest BCUT2D eigenvalue weighted by Crippen LogP contribution is 2.32. The number of phenols is 1. The fourth-order valence-corrected chi connectivity index (χ4v) is 3.58. The maximum Gasteiger partial charge on any atom is 0.162 e. The van der Waals surface area contributed by atoms with Crippen molar-refractivity contribution >= 4 is 27.5 Å². The van der Waals surface area contributed by atoms with Crippen LogP contribution < -0.4 is 10.1 Å². The van der Waals surface area contributed by atoms with Gasteiger partial charge < -0.3 is 19.7 Å². The number of para-hydroxylation sites is 2. The van der Waals surface area contributed by atoms with E-state index in [1.165, 1.54) is 21.8 Å². The Morgan fingerprint density at radius 2 is 1.77 bits per heavy atom. The fraction of sp³-hybridized carbons (Fsp3) is 0.182. The number of rotatable bonds is 5. The number of fused-ring (bicyclic) bond motifs is 3. The van der Waals surface area contributed by atoms with E-state index in [2.05, 4.69) is 59.3 Å². The lowest BCUT2D eigenvalue weighted by atomic mass is 10.1. The number of hydrogen-bond acceptors (Lipinski definition) is 3. The number of nitrogens with one attached hydrogen (secondary N) is 1. The maximum absolute atomic E-state index is 10.2. The molecule has 0 radical (unpaired) electrons. The molecule has 0 spiro atoms. The maximum atomic E-state index is 10.2. The minimum absolute atomic E-state index is 0.186. The van der Waals surface area contributed by atoms with Crippen molar-refractivity contribution in [1.82, 2.24) is 4.57 Å². The highest BCUT2D eigenvalue weighted by atomic mass is 16.5. The molecule has 0 amide bonds. The van der Waals surface area contributed by atoms with Gasteiger partial charge in [0.2, 0.25) is 0 Å². The fourth-order valence-electron chi connectivity index (χ4n) is 3.58. The Labute approximate surface area is 152 Å². The van der Waals surface area contributed by atoms with Crippen LogP contribution in [0.2, 0.25) is 0 Å². The lowest BCUT2D eigenvalue weighted by molar-refractivity contribution is 0.371. The number of aromatic nitrogens is 1. The number of phenolic OH excluding ortho intramolecular Hbond substituents is 1. The van der Waals surface area contributed by atoms with Crippen LogP contribution in [0.15, 0.2) is 60.7 Å². The van der Waals surface area contributed by atoms with E-state index in [4.69, 9.17) is 4.74 Å². The molecule has 0 aliphatic rings.